The number of hydrogen-bond donors (Lipinski definition) is 0. The Morgan fingerprint density at radius 3 is 2.03 bits per heavy atom. The molecule has 1 aliphatic rings. The number of rotatable bonds is 13. The van der Waals surface area contributed by atoms with Gasteiger partial charge in [0.05, 0.1) is 25.4 Å². The van der Waals surface area contributed by atoms with Gasteiger partial charge in [-0.15, -0.1) is 0 Å². The summed E-state index contributed by atoms with van der Waals surface area (Å²) in [5, 5.41) is 0. The number of methoxy groups -OCH3 is 2. The summed E-state index contributed by atoms with van der Waals surface area (Å²) in [6.07, 6.45) is 0.653. The molecule has 8 heteroatoms. The molecule has 1 unspecified atom stereocenters. The predicted octanol–water partition coefficient (Wildman–Crippen LogP) is 4.11. The van der Waals surface area contributed by atoms with Crippen LogP contribution in [-0.4, -0.2) is 65.6 Å². The maximum absolute atomic E-state index is 13.5. The Balaban J connectivity index is 1.67. The van der Waals surface area contributed by atoms with Crippen molar-refractivity contribution in [3.8, 4) is 0 Å². The number of carbonyl (C=O) groups is 3. The molecule has 1 saturated heterocycles. The van der Waals surface area contributed by atoms with Gasteiger partial charge in [0.15, 0.2) is 6.23 Å². The number of nitrogens with zero attached hydrogens (tertiary/aromatic N) is 2. The third kappa shape index (κ3) is 7.08. The summed E-state index contributed by atoms with van der Waals surface area (Å²) in [6.45, 7) is 0.931. The van der Waals surface area contributed by atoms with Crippen molar-refractivity contribution in [2.24, 2.45) is 0 Å². The maximum atomic E-state index is 13.5. The first-order valence-corrected chi connectivity index (χ1v) is 12.5. The van der Waals surface area contributed by atoms with Crippen molar-refractivity contribution in [1.82, 2.24) is 9.80 Å². The monoisotopic (exact) mass is 484 g/mol. The molecule has 0 bridgehead atoms. The van der Waals surface area contributed by atoms with Gasteiger partial charge in [-0.1, -0.05) is 60.7 Å². The van der Waals surface area contributed by atoms with E-state index in [0.29, 0.717) is 37.4 Å². The number of amides is 2. The van der Waals surface area contributed by atoms with Crippen LogP contribution in [0.3, 0.4) is 0 Å². The minimum absolute atomic E-state index is 0.0745. The lowest BCUT2D eigenvalue weighted by molar-refractivity contribution is -0.140. The number of urea groups is 1. The lowest BCUT2D eigenvalue weighted by atomic mass is 10.2. The van der Waals surface area contributed by atoms with Crippen molar-refractivity contribution < 1.29 is 23.9 Å². The second kappa shape index (κ2) is 13.2. The van der Waals surface area contributed by atoms with Crippen molar-refractivity contribution in [3.63, 3.8) is 0 Å². The number of carbonyl (C=O) groups excluding carboxylic acids is 3. The molecule has 0 aromatic heterocycles. The molecular formula is C26H32N2O5S. The number of ether oxygens (including phenoxy) is 2. The largest absolute Gasteiger partial charge is 0.469 e. The quantitative estimate of drug-likeness (QED) is 0.398. The molecule has 1 fully saturated rings. The minimum atomic E-state index is -0.418. The Morgan fingerprint density at radius 2 is 1.47 bits per heavy atom. The molecule has 2 aromatic rings. The maximum Gasteiger partial charge on any atom is 0.323 e. The van der Waals surface area contributed by atoms with Gasteiger partial charge >= 0.3 is 12.0 Å². The highest BCUT2D eigenvalue weighted by molar-refractivity contribution is 8.00. The molecule has 7 nitrogen and oxygen atoms in total. The number of esters is 1. The van der Waals surface area contributed by atoms with E-state index in [1.807, 2.05) is 65.6 Å². The van der Waals surface area contributed by atoms with Crippen LogP contribution in [-0.2, 0) is 32.2 Å². The molecule has 1 aliphatic heterocycles. The van der Waals surface area contributed by atoms with Crippen LogP contribution >= 0.6 is 11.8 Å². The van der Waals surface area contributed by atoms with Crippen LogP contribution in [0.15, 0.2) is 60.7 Å². The van der Waals surface area contributed by atoms with E-state index < -0.39 is 6.23 Å². The molecule has 0 aliphatic carbocycles. The Morgan fingerprint density at radius 1 is 0.882 bits per heavy atom. The molecule has 2 amide bonds. The zero-order chi connectivity index (χ0) is 24.3. The zero-order valence-corrected chi connectivity index (χ0v) is 20.5. The van der Waals surface area contributed by atoms with Gasteiger partial charge in [0, 0.05) is 32.2 Å². The Labute approximate surface area is 205 Å². The van der Waals surface area contributed by atoms with E-state index in [1.54, 1.807) is 12.0 Å². The van der Waals surface area contributed by atoms with Gasteiger partial charge < -0.3 is 14.4 Å². The fourth-order valence-electron chi connectivity index (χ4n) is 4.03. The highest BCUT2D eigenvalue weighted by Crippen LogP contribution is 2.30. The van der Waals surface area contributed by atoms with Gasteiger partial charge in [-0.05, 0) is 17.5 Å². The summed E-state index contributed by atoms with van der Waals surface area (Å²) < 4.78 is 10.4. The lowest BCUT2D eigenvalue weighted by Crippen LogP contribution is -2.40. The summed E-state index contributed by atoms with van der Waals surface area (Å²) in [7, 11) is 2.97. The van der Waals surface area contributed by atoms with Crippen molar-refractivity contribution in [1.29, 1.82) is 0 Å². The van der Waals surface area contributed by atoms with Crippen molar-refractivity contribution in [3.05, 3.63) is 71.8 Å². The van der Waals surface area contributed by atoms with Crippen LogP contribution in [0.5, 0.6) is 0 Å². The van der Waals surface area contributed by atoms with Gasteiger partial charge in [-0.3, -0.25) is 14.5 Å². The average Bonchev–Trinajstić information content (AvgIpc) is 3.10. The second-order valence-electron chi connectivity index (χ2n) is 8.19. The third-order valence-electron chi connectivity index (χ3n) is 5.78. The summed E-state index contributed by atoms with van der Waals surface area (Å²) in [4.78, 5) is 40.6. The topological polar surface area (TPSA) is 76.2 Å². The molecule has 0 spiro atoms. The van der Waals surface area contributed by atoms with Crippen LogP contribution in [0.2, 0.25) is 0 Å². The van der Waals surface area contributed by atoms with Crippen LogP contribution < -0.4 is 0 Å². The normalized spacial score (nSPS) is 17.8. The van der Waals surface area contributed by atoms with Gasteiger partial charge in [0.1, 0.15) is 5.78 Å². The first kappa shape index (κ1) is 25.8. The van der Waals surface area contributed by atoms with Crippen molar-refractivity contribution in [2.75, 3.05) is 25.7 Å². The molecule has 34 heavy (non-hydrogen) atoms. The van der Waals surface area contributed by atoms with Crippen LogP contribution in [0, 0.1) is 0 Å². The Bertz CT molecular complexity index is 941. The van der Waals surface area contributed by atoms with Crippen LogP contribution in [0.4, 0.5) is 4.79 Å². The summed E-state index contributed by atoms with van der Waals surface area (Å²) in [5.41, 5.74) is 2.08. The molecule has 0 saturated carbocycles. The van der Waals surface area contributed by atoms with E-state index >= 15 is 0 Å². The predicted molar refractivity (Wildman–Crippen MR) is 132 cm³/mol. The fourth-order valence-corrected chi connectivity index (χ4v) is 5.11. The van der Waals surface area contributed by atoms with Gasteiger partial charge in [-0.25, -0.2) is 4.79 Å². The highest BCUT2D eigenvalue weighted by Gasteiger charge is 2.45. The second-order valence-corrected chi connectivity index (χ2v) is 9.22. The average molecular weight is 485 g/mol. The van der Waals surface area contributed by atoms with Crippen LogP contribution in [0.25, 0.3) is 0 Å². The summed E-state index contributed by atoms with van der Waals surface area (Å²) >= 11 is 1.50. The molecule has 0 radical (unpaired) electrons. The Hall–Kier alpha value is -2.84. The number of thioether (sulfide) groups is 1. The molecule has 182 valence electrons. The molecule has 2 atom stereocenters. The number of Topliss-reactive ketones (excluding diaryl/α,β-unsaturated/α-hetero) is 1. The van der Waals surface area contributed by atoms with Gasteiger partial charge in [-0.2, -0.15) is 11.8 Å². The zero-order valence-electron chi connectivity index (χ0n) is 19.7. The standard InChI is InChI=1S/C26H32N2O5S/c1-32-24(30)15-9-14-22(29)18-34-19-23-25(33-2)28(17-21-12-7-4-8-13-21)26(31)27(23)16-20-10-5-3-6-11-20/h3-8,10-13,23,25H,9,14-19H2,1-2H3/t23-,25?/m0/s1. The van der Waals surface area contributed by atoms with Gasteiger partial charge in [0.25, 0.3) is 0 Å². The smallest absolute Gasteiger partial charge is 0.323 e. The van der Waals surface area contributed by atoms with Crippen molar-refractivity contribution in [2.45, 2.75) is 44.6 Å². The minimum Gasteiger partial charge on any atom is -0.469 e. The molecule has 3 rings (SSSR count). The van der Waals surface area contributed by atoms with E-state index in [2.05, 4.69) is 4.74 Å². The van der Waals surface area contributed by atoms with E-state index in [4.69, 9.17) is 4.74 Å². The van der Waals surface area contributed by atoms with Crippen molar-refractivity contribution >= 4 is 29.5 Å². The number of benzene rings is 2. The highest BCUT2D eigenvalue weighted by atomic mass is 32.2. The van der Waals surface area contributed by atoms with E-state index in [0.717, 1.165) is 11.1 Å². The van der Waals surface area contributed by atoms with Crippen LogP contribution in [0.1, 0.15) is 30.4 Å². The molecule has 2 aromatic carbocycles. The fraction of sp³-hybridized carbons (Fsp3) is 0.423. The SMILES string of the molecule is COC(=O)CCCC(=O)CSC[C@H]1C(OC)N(Cc2ccccc2)C(=O)N1Cc1ccccc1. The van der Waals surface area contributed by atoms with Gasteiger partial charge in [0.2, 0.25) is 0 Å². The van der Waals surface area contributed by atoms with E-state index in [-0.39, 0.29) is 30.2 Å². The number of hydrogen-bond acceptors (Lipinski definition) is 6. The summed E-state index contributed by atoms with van der Waals surface area (Å²) in [6, 6.07) is 19.5. The summed E-state index contributed by atoms with van der Waals surface area (Å²) in [5.74, 6) is 0.691. The molecular weight excluding hydrogens is 452 g/mol. The lowest BCUT2D eigenvalue weighted by Gasteiger charge is -2.26. The van der Waals surface area contributed by atoms with E-state index in [1.165, 1.54) is 18.9 Å². The first-order valence-electron chi connectivity index (χ1n) is 11.4. The van der Waals surface area contributed by atoms with E-state index in [9.17, 15) is 14.4 Å². The third-order valence-corrected chi connectivity index (χ3v) is 6.88. The number of ketones is 1. The first-order chi connectivity index (χ1) is 16.5. The molecule has 1 heterocycles. The Kier molecular flexibility index (Phi) is 9.97. The molecule has 0 N–H and O–H groups in total.